The Labute approximate surface area is 111 Å². The maximum atomic E-state index is 3.46. The lowest BCUT2D eigenvalue weighted by atomic mass is 10.0. The number of aryl methyl sites for hydroxylation is 1. The molecule has 0 saturated carbocycles. The van der Waals surface area contributed by atoms with Gasteiger partial charge in [0.25, 0.3) is 0 Å². The first-order valence-corrected chi connectivity index (χ1v) is 7.19. The Kier molecular flexibility index (Phi) is 4.79. The Bertz CT molecular complexity index is 358. The summed E-state index contributed by atoms with van der Waals surface area (Å²) < 4.78 is 0. The number of hydrogen-bond donors (Lipinski definition) is 1. The molecule has 2 rings (SSSR count). The molecule has 0 aliphatic carbocycles. The molecule has 2 unspecified atom stereocenters. The average Bonchev–Trinajstić information content (AvgIpc) is 2.85. The van der Waals surface area contributed by atoms with Crippen molar-refractivity contribution < 1.29 is 0 Å². The smallest absolute Gasteiger partial charge is 0.0446 e. The minimum Gasteiger partial charge on any atom is -0.312 e. The number of benzene rings is 1. The normalized spacial score (nSPS) is 22.3. The van der Waals surface area contributed by atoms with E-state index in [0.29, 0.717) is 6.04 Å². The van der Waals surface area contributed by atoms with E-state index in [0.717, 1.165) is 12.5 Å². The highest BCUT2D eigenvalue weighted by molar-refractivity contribution is 5.24. The van der Waals surface area contributed by atoms with Gasteiger partial charge in [-0.3, -0.25) is 0 Å². The van der Waals surface area contributed by atoms with Gasteiger partial charge in [0, 0.05) is 19.1 Å². The number of rotatable bonds is 5. The second kappa shape index (κ2) is 6.35. The van der Waals surface area contributed by atoms with Gasteiger partial charge in [-0.2, -0.15) is 0 Å². The van der Waals surface area contributed by atoms with Crippen molar-refractivity contribution in [1.82, 2.24) is 10.2 Å². The molecule has 1 saturated heterocycles. The van der Waals surface area contributed by atoms with Crippen LogP contribution in [0, 0.1) is 12.8 Å². The fraction of sp³-hybridized carbons (Fsp3) is 0.625. The highest BCUT2D eigenvalue weighted by Gasteiger charge is 2.23. The van der Waals surface area contributed by atoms with Crippen molar-refractivity contribution in [3.8, 4) is 0 Å². The fourth-order valence-corrected chi connectivity index (χ4v) is 2.83. The second-order valence-corrected chi connectivity index (χ2v) is 5.57. The van der Waals surface area contributed by atoms with Gasteiger partial charge in [-0.15, -0.1) is 0 Å². The lowest BCUT2D eigenvalue weighted by Gasteiger charge is -2.24. The number of hydrogen-bond acceptors (Lipinski definition) is 2. The van der Waals surface area contributed by atoms with Crippen molar-refractivity contribution in [1.29, 1.82) is 0 Å². The third-order valence-electron chi connectivity index (χ3n) is 4.22. The van der Waals surface area contributed by atoms with E-state index in [1.54, 1.807) is 0 Å². The van der Waals surface area contributed by atoms with Crippen molar-refractivity contribution in [2.45, 2.75) is 32.7 Å². The summed E-state index contributed by atoms with van der Waals surface area (Å²) in [7, 11) is 2.07. The largest absolute Gasteiger partial charge is 0.312 e. The number of likely N-dealkylation sites (N-methyl/N-ethyl adjacent to an activating group) is 1. The molecule has 0 aromatic heterocycles. The molecule has 1 aromatic rings. The van der Waals surface area contributed by atoms with Crippen LogP contribution in [0.2, 0.25) is 0 Å². The molecule has 1 aromatic carbocycles. The van der Waals surface area contributed by atoms with Crippen molar-refractivity contribution in [3.05, 3.63) is 35.4 Å². The van der Waals surface area contributed by atoms with Crippen LogP contribution >= 0.6 is 0 Å². The standard InChI is InChI=1S/C16H26N2/c1-4-14-9-10-18(11-14)12-16(17-3)15-7-5-13(2)6-8-15/h5-8,14,16-17H,4,9-12H2,1-3H3. The van der Waals surface area contributed by atoms with Gasteiger partial charge in [0.05, 0.1) is 0 Å². The van der Waals surface area contributed by atoms with Crippen LogP contribution in [0.1, 0.15) is 36.9 Å². The predicted molar refractivity (Wildman–Crippen MR) is 77.8 cm³/mol. The predicted octanol–water partition coefficient (Wildman–Crippen LogP) is 2.99. The SMILES string of the molecule is CCC1CCN(CC(NC)c2ccc(C)cc2)C1. The molecule has 0 spiro atoms. The number of nitrogens with zero attached hydrogens (tertiary/aromatic N) is 1. The lowest BCUT2D eigenvalue weighted by Crippen LogP contribution is -2.32. The van der Waals surface area contributed by atoms with Gasteiger partial charge in [0.2, 0.25) is 0 Å². The molecule has 2 nitrogen and oxygen atoms in total. The minimum atomic E-state index is 0.459. The van der Waals surface area contributed by atoms with Gasteiger partial charge in [0.15, 0.2) is 0 Å². The first-order valence-electron chi connectivity index (χ1n) is 7.19. The molecule has 1 heterocycles. The zero-order valence-electron chi connectivity index (χ0n) is 11.9. The van der Waals surface area contributed by atoms with Crippen LogP contribution in [0.25, 0.3) is 0 Å². The maximum absolute atomic E-state index is 3.46. The Morgan fingerprint density at radius 1 is 1.33 bits per heavy atom. The molecule has 0 radical (unpaired) electrons. The third kappa shape index (κ3) is 3.33. The average molecular weight is 246 g/mol. The van der Waals surface area contributed by atoms with E-state index in [4.69, 9.17) is 0 Å². The van der Waals surface area contributed by atoms with Gasteiger partial charge >= 0.3 is 0 Å². The Morgan fingerprint density at radius 2 is 2.06 bits per heavy atom. The molecule has 2 heteroatoms. The summed E-state index contributed by atoms with van der Waals surface area (Å²) in [6, 6.07) is 9.38. The molecule has 0 amide bonds. The van der Waals surface area contributed by atoms with E-state index >= 15 is 0 Å². The topological polar surface area (TPSA) is 15.3 Å². The zero-order chi connectivity index (χ0) is 13.0. The van der Waals surface area contributed by atoms with Gasteiger partial charge in [-0.1, -0.05) is 43.2 Å². The van der Waals surface area contributed by atoms with Gasteiger partial charge < -0.3 is 10.2 Å². The third-order valence-corrected chi connectivity index (χ3v) is 4.22. The van der Waals surface area contributed by atoms with Crippen LogP contribution in [-0.4, -0.2) is 31.6 Å². The van der Waals surface area contributed by atoms with E-state index in [2.05, 4.69) is 55.4 Å². The Balaban J connectivity index is 1.95. The summed E-state index contributed by atoms with van der Waals surface area (Å²) in [6.07, 6.45) is 2.70. The molecule has 1 N–H and O–H groups in total. The summed E-state index contributed by atoms with van der Waals surface area (Å²) in [5.74, 6) is 0.917. The molecule has 1 aliphatic rings. The monoisotopic (exact) mass is 246 g/mol. The molecule has 18 heavy (non-hydrogen) atoms. The van der Waals surface area contributed by atoms with Crippen LogP contribution in [0.4, 0.5) is 0 Å². The van der Waals surface area contributed by atoms with Crippen molar-refractivity contribution in [3.63, 3.8) is 0 Å². The fourth-order valence-electron chi connectivity index (χ4n) is 2.83. The minimum absolute atomic E-state index is 0.459. The summed E-state index contributed by atoms with van der Waals surface area (Å²) >= 11 is 0. The summed E-state index contributed by atoms with van der Waals surface area (Å²) in [5.41, 5.74) is 2.74. The molecular formula is C16H26N2. The van der Waals surface area contributed by atoms with E-state index in [9.17, 15) is 0 Å². The van der Waals surface area contributed by atoms with Crippen molar-refractivity contribution in [2.75, 3.05) is 26.7 Å². The van der Waals surface area contributed by atoms with E-state index in [1.165, 1.54) is 37.1 Å². The highest BCUT2D eigenvalue weighted by atomic mass is 15.2. The maximum Gasteiger partial charge on any atom is 0.0446 e. The summed E-state index contributed by atoms with van der Waals surface area (Å²) in [5, 5.41) is 3.46. The molecule has 100 valence electrons. The first kappa shape index (κ1) is 13.6. The van der Waals surface area contributed by atoms with Crippen molar-refractivity contribution in [2.24, 2.45) is 5.92 Å². The molecule has 1 fully saturated rings. The lowest BCUT2D eigenvalue weighted by molar-refractivity contribution is 0.287. The van der Waals surface area contributed by atoms with E-state index < -0.39 is 0 Å². The molecule has 0 bridgehead atoms. The second-order valence-electron chi connectivity index (χ2n) is 5.57. The molecule has 1 aliphatic heterocycles. The van der Waals surface area contributed by atoms with Crippen LogP contribution in [0.15, 0.2) is 24.3 Å². The van der Waals surface area contributed by atoms with E-state index in [-0.39, 0.29) is 0 Å². The quantitative estimate of drug-likeness (QED) is 0.859. The van der Waals surface area contributed by atoms with Gasteiger partial charge in [-0.25, -0.2) is 0 Å². The van der Waals surface area contributed by atoms with E-state index in [1.807, 2.05) is 0 Å². The molecular weight excluding hydrogens is 220 g/mol. The first-order chi connectivity index (χ1) is 8.72. The zero-order valence-corrected chi connectivity index (χ0v) is 11.9. The van der Waals surface area contributed by atoms with Gasteiger partial charge in [-0.05, 0) is 38.4 Å². The van der Waals surface area contributed by atoms with Gasteiger partial charge in [0.1, 0.15) is 0 Å². The number of nitrogens with one attached hydrogen (secondary N) is 1. The van der Waals surface area contributed by atoms with Crippen LogP contribution in [-0.2, 0) is 0 Å². The van der Waals surface area contributed by atoms with Crippen LogP contribution in [0.3, 0.4) is 0 Å². The van der Waals surface area contributed by atoms with Crippen LogP contribution < -0.4 is 5.32 Å². The summed E-state index contributed by atoms with van der Waals surface area (Å²) in [6.45, 7) is 8.13. The van der Waals surface area contributed by atoms with Crippen molar-refractivity contribution >= 4 is 0 Å². The number of likely N-dealkylation sites (tertiary alicyclic amines) is 1. The Hall–Kier alpha value is -0.860. The molecule has 2 atom stereocenters. The van der Waals surface area contributed by atoms with Crippen LogP contribution in [0.5, 0.6) is 0 Å². The highest BCUT2D eigenvalue weighted by Crippen LogP contribution is 2.22. The Morgan fingerprint density at radius 3 is 2.61 bits per heavy atom. The summed E-state index contributed by atoms with van der Waals surface area (Å²) in [4.78, 5) is 2.61.